The predicted octanol–water partition coefficient (Wildman–Crippen LogP) is 0.606. The van der Waals surface area contributed by atoms with Crippen LogP contribution < -0.4 is 10.9 Å². The van der Waals surface area contributed by atoms with Crippen molar-refractivity contribution in [2.24, 2.45) is 11.8 Å². The van der Waals surface area contributed by atoms with Crippen LogP contribution >= 0.6 is 0 Å². The third-order valence-electron chi connectivity index (χ3n) is 3.56. The van der Waals surface area contributed by atoms with Gasteiger partial charge in [-0.25, -0.2) is 0 Å². The van der Waals surface area contributed by atoms with Crippen LogP contribution in [0.3, 0.4) is 0 Å². The maximum atomic E-state index is 11.8. The summed E-state index contributed by atoms with van der Waals surface area (Å²) in [6.45, 7) is 0.296. The smallest absolute Gasteiger partial charge is 0.306 e. The number of aliphatic carboxylic acids is 1. The van der Waals surface area contributed by atoms with E-state index in [-0.39, 0.29) is 11.5 Å². The largest absolute Gasteiger partial charge is 0.481 e. The first-order valence-electron chi connectivity index (χ1n) is 6.28. The standard InChI is InChI=1S/C13H16N2O4/c16-11-10(5-2-6-14-11)12(17)15-7-8-3-1-4-9(8)13(18)19/h2,5-6,8-9H,1,3-4,7H2,(H,14,16)(H,15,17)(H,18,19). The second-order valence-corrected chi connectivity index (χ2v) is 4.76. The van der Waals surface area contributed by atoms with E-state index in [0.29, 0.717) is 13.0 Å². The zero-order valence-corrected chi connectivity index (χ0v) is 10.4. The van der Waals surface area contributed by atoms with E-state index in [1.807, 2.05) is 0 Å². The summed E-state index contributed by atoms with van der Waals surface area (Å²) in [6, 6.07) is 3.02. The van der Waals surface area contributed by atoms with E-state index in [2.05, 4.69) is 10.3 Å². The van der Waals surface area contributed by atoms with Crippen LogP contribution in [0.1, 0.15) is 29.6 Å². The molecule has 2 atom stereocenters. The maximum Gasteiger partial charge on any atom is 0.306 e. The number of pyridine rings is 1. The highest BCUT2D eigenvalue weighted by Crippen LogP contribution is 2.31. The number of carboxylic acid groups (broad SMARTS) is 1. The lowest BCUT2D eigenvalue weighted by Gasteiger charge is -2.16. The minimum Gasteiger partial charge on any atom is -0.481 e. The Morgan fingerprint density at radius 3 is 2.89 bits per heavy atom. The molecule has 0 saturated heterocycles. The minimum absolute atomic E-state index is 0.0485. The molecule has 102 valence electrons. The van der Waals surface area contributed by atoms with Crippen molar-refractivity contribution in [3.8, 4) is 0 Å². The molecular formula is C13H16N2O4. The van der Waals surface area contributed by atoms with Crippen LogP contribution in [0.15, 0.2) is 23.1 Å². The normalized spacial score (nSPS) is 22.1. The molecule has 1 saturated carbocycles. The van der Waals surface area contributed by atoms with Gasteiger partial charge in [0.15, 0.2) is 0 Å². The van der Waals surface area contributed by atoms with E-state index in [0.717, 1.165) is 12.8 Å². The first-order chi connectivity index (χ1) is 9.09. The van der Waals surface area contributed by atoms with Crippen molar-refractivity contribution in [2.75, 3.05) is 6.54 Å². The van der Waals surface area contributed by atoms with Crippen molar-refractivity contribution < 1.29 is 14.7 Å². The number of rotatable bonds is 4. The first kappa shape index (κ1) is 13.3. The van der Waals surface area contributed by atoms with Gasteiger partial charge in [-0.2, -0.15) is 0 Å². The van der Waals surface area contributed by atoms with Gasteiger partial charge in [-0.05, 0) is 30.9 Å². The van der Waals surface area contributed by atoms with Gasteiger partial charge in [0, 0.05) is 12.7 Å². The number of aromatic nitrogens is 1. The van der Waals surface area contributed by atoms with Gasteiger partial charge >= 0.3 is 5.97 Å². The first-order valence-corrected chi connectivity index (χ1v) is 6.28. The topological polar surface area (TPSA) is 99.3 Å². The second-order valence-electron chi connectivity index (χ2n) is 4.76. The lowest BCUT2D eigenvalue weighted by molar-refractivity contribution is -0.142. The number of carbonyl (C=O) groups is 2. The highest BCUT2D eigenvalue weighted by Gasteiger charge is 2.32. The van der Waals surface area contributed by atoms with Gasteiger partial charge in [-0.3, -0.25) is 14.4 Å². The van der Waals surface area contributed by atoms with E-state index in [4.69, 9.17) is 5.11 Å². The highest BCUT2D eigenvalue weighted by molar-refractivity contribution is 5.93. The number of carbonyl (C=O) groups excluding carboxylic acids is 1. The molecule has 0 aliphatic heterocycles. The van der Waals surface area contributed by atoms with Crippen molar-refractivity contribution in [1.29, 1.82) is 0 Å². The van der Waals surface area contributed by atoms with Crippen molar-refractivity contribution in [1.82, 2.24) is 10.3 Å². The number of amides is 1. The molecule has 1 amide bonds. The SMILES string of the molecule is O=C(NCC1CCCC1C(=O)O)c1ccc[nH]c1=O. The van der Waals surface area contributed by atoms with Crippen molar-refractivity contribution in [2.45, 2.75) is 19.3 Å². The van der Waals surface area contributed by atoms with Crippen molar-refractivity contribution in [3.05, 3.63) is 34.2 Å². The Kier molecular flexibility index (Phi) is 3.99. The van der Waals surface area contributed by atoms with Crippen LogP contribution in [-0.2, 0) is 4.79 Å². The molecule has 1 aliphatic rings. The van der Waals surface area contributed by atoms with Crippen molar-refractivity contribution >= 4 is 11.9 Å². The zero-order chi connectivity index (χ0) is 13.8. The fraction of sp³-hybridized carbons (Fsp3) is 0.462. The molecule has 0 bridgehead atoms. The molecule has 19 heavy (non-hydrogen) atoms. The van der Waals surface area contributed by atoms with Crippen LogP contribution in [0.4, 0.5) is 0 Å². The number of hydrogen-bond acceptors (Lipinski definition) is 3. The fourth-order valence-electron chi connectivity index (χ4n) is 2.53. The molecule has 1 aromatic heterocycles. The van der Waals surface area contributed by atoms with E-state index < -0.39 is 23.4 Å². The Balaban J connectivity index is 1.96. The van der Waals surface area contributed by atoms with Crippen LogP contribution in [0, 0.1) is 11.8 Å². The summed E-state index contributed by atoms with van der Waals surface area (Å²) in [5.41, 5.74) is -0.395. The molecule has 0 aromatic carbocycles. The number of hydrogen-bond donors (Lipinski definition) is 3. The molecule has 1 aliphatic carbocycles. The van der Waals surface area contributed by atoms with Gasteiger partial charge in [-0.1, -0.05) is 6.42 Å². The number of H-pyrrole nitrogens is 1. The molecule has 1 fully saturated rings. The Morgan fingerprint density at radius 1 is 1.42 bits per heavy atom. The van der Waals surface area contributed by atoms with Gasteiger partial charge < -0.3 is 15.4 Å². The average molecular weight is 264 g/mol. The van der Waals surface area contributed by atoms with E-state index >= 15 is 0 Å². The minimum atomic E-state index is -0.811. The summed E-state index contributed by atoms with van der Waals surface area (Å²) in [7, 11) is 0. The van der Waals surface area contributed by atoms with Crippen LogP contribution in [0.25, 0.3) is 0 Å². The lowest BCUT2D eigenvalue weighted by Crippen LogP contribution is -2.35. The fourth-order valence-corrected chi connectivity index (χ4v) is 2.53. The average Bonchev–Trinajstić information content (AvgIpc) is 2.85. The summed E-state index contributed by atoms with van der Waals surface area (Å²) < 4.78 is 0. The Hall–Kier alpha value is -2.11. The predicted molar refractivity (Wildman–Crippen MR) is 67.9 cm³/mol. The molecule has 3 N–H and O–H groups in total. The summed E-state index contributed by atoms with van der Waals surface area (Å²) in [6.07, 6.45) is 3.77. The summed E-state index contributed by atoms with van der Waals surface area (Å²) in [4.78, 5) is 36.7. The van der Waals surface area contributed by atoms with Crippen LogP contribution in [0.5, 0.6) is 0 Å². The molecule has 6 heteroatoms. The highest BCUT2D eigenvalue weighted by atomic mass is 16.4. The van der Waals surface area contributed by atoms with Gasteiger partial charge in [-0.15, -0.1) is 0 Å². The Morgan fingerprint density at radius 2 is 2.21 bits per heavy atom. The number of nitrogens with one attached hydrogen (secondary N) is 2. The molecule has 0 radical (unpaired) electrons. The van der Waals surface area contributed by atoms with E-state index in [1.54, 1.807) is 6.07 Å². The van der Waals surface area contributed by atoms with Crippen molar-refractivity contribution in [3.63, 3.8) is 0 Å². The Bertz CT molecular complexity index is 537. The molecule has 1 heterocycles. The summed E-state index contributed by atoms with van der Waals surface area (Å²) in [5, 5.41) is 11.7. The van der Waals surface area contributed by atoms with Crippen LogP contribution in [0.2, 0.25) is 0 Å². The molecule has 0 spiro atoms. The molecule has 1 aromatic rings. The molecular weight excluding hydrogens is 248 g/mol. The third kappa shape index (κ3) is 3.01. The van der Waals surface area contributed by atoms with Gasteiger partial charge in [0.25, 0.3) is 11.5 Å². The monoisotopic (exact) mass is 264 g/mol. The van der Waals surface area contributed by atoms with E-state index in [1.165, 1.54) is 12.3 Å². The van der Waals surface area contributed by atoms with Crippen LogP contribution in [-0.4, -0.2) is 28.5 Å². The zero-order valence-electron chi connectivity index (χ0n) is 10.4. The number of aromatic amines is 1. The molecule has 6 nitrogen and oxygen atoms in total. The third-order valence-corrected chi connectivity index (χ3v) is 3.56. The number of carboxylic acids is 1. The van der Waals surface area contributed by atoms with E-state index in [9.17, 15) is 14.4 Å². The van der Waals surface area contributed by atoms with Gasteiger partial charge in [0.1, 0.15) is 5.56 Å². The summed E-state index contributed by atoms with van der Waals surface area (Å²) in [5.74, 6) is -1.72. The maximum absolute atomic E-state index is 11.8. The molecule has 2 unspecified atom stereocenters. The Labute approximate surface area is 109 Å². The quantitative estimate of drug-likeness (QED) is 0.741. The van der Waals surface area contributed by atoms with Gasteiger partial charge in [0.05, 0.1) is 5.92 Å². The summed E-state index contributed by atoms with van der Waals surface area (Å²) >= 11 is 0. The van der Waals surface area contributed by atoms with Gasteiger partial charge in [0.2, 0.25) is 0 Å². The molecule has 2 rings (SSSR count). The second kappa shape index (κ2) is 5.69. The lowest BCUT2D eigenvalue weighted by atomic mass is 9.96.